The predicted octanol–water partition coefficient (Wildman–Crippen LogP) is 1.74. The highest BCUT2D eigenvalue weighted by molar-refractivity contribution is 5.80. The standard InChI is InChI=1S/C14H11N5O/c15-5-14(6-20-7-14)13-16-4-12(19-13)9-1-2-10-11(3-9)18-8-17-10/h1-4,8H,6-7H2,(H,16,19)(H,17,18). The molecule has 1 fully saturated rings. The summed E-state index contributed by atoms with van der Waals surface area (Å²) in [6.45, 7) is 0.798. The molecular weight excluding hydrogens is 254 g/mol. The van der Waals surface area contributed by atoms with Crippen molar-refractivity contribution in [2.45, 2.75) is 5.41 Å². The average Bonchev–Trinajstić information content (AvgIpc) is 3.06. The Morgan fingerprint density at radius 2 is 2.20 bits per heavy atom. The largest absolute Gasteiger partial charge is 0.377 e. The second-order valence-electron chi connectivity index (χ2n) is 4.97. The Balaban J connectivity index is 1.76. The Morgan fingerprint density at radius 3 is 2.95 bits per heavy atom. The van der Waals surface area contributed by atoms with E-state index in [1.165, 1.54) is 0 Å². The number of aromatic amines is 2. The van der Waals surface area contributed by atoms with Crippen LogP contribution < -0.4 is 0 Å². The molecule has 0 amide bonds. The molecule has 1 saturated heterocycles. The smallest absolute Gasteiger partial charge is 0.161 e. The molecule has 1 aliphatic heterocycles. The predicted molar refractivity (Wildman–Crippen MR) is 71.8 cm³/mol. The molecule has 98 valence electrons. The molecule has 0 saturated carbocycles. The summed E-state index contributed by atoms with van der Waals surface area (Å²) >= 11 is 0. The molecule has 0 spiro atoms. The highest BCUT2D eigenvalue weighted by atomic mass is 16.5. The van der Waals surface area contributed by atoms with Crippen LogP contribution in [0.25, 0.3) is 22.3 Å². The van der Waals surface area contributed by atoms with Crippen molar-refractivity contribution in [3.63, 3.8) is 0 Å². The minimum Gasteiger partial charge on any atom is -0.377 e. The van der Waals surface area contributed by atoms with E-state index >= 15 is 0 Å². The normalized spacial score (nSPS) is 16.8. The molecule has 0 atom stereocenters. The van der Waals surface area contributed by atoms with Gasteiger partial charge in [0.25, 0.3) is 0 Å². The molecule has 6 nitrogen and oxygen atoms in total. The van der Waals surface area contributed by atoms with E-state index in [9.17, 15) is 5.26 Å². The Morgan fingerprint density at radius 1 is 1.30 bits per heavy atom. The van der Waals surface area contributed by atoms with Crippen molar-refractivity contribution in [3.05, 3.63) is 36.5 Å². The Bertz CT molecular complexity index is 821. The summed E-state index contributed by atoms with van der Waals surface area (Å²) in [6, 6.07) is 8.23. The third-order valence-corrected chi connectivity index (χ3v) is 3.67. The molecule has 1 aromatic carbocycles. The zero-order chi connectivity index (χ0) is 13.6. The van der Waals surface area contributed by atoms with Crippen LogP contribution in [0.3, 0.4) is 0 Å². The van der Waals surface area contributed by atoms with Crippen molar-refractivity contribution in [2.24, 2.45) is 0 Å². The lowest BCUT2D eigenvalue weighted by molar-refractivity contribution is -0.0335. The number of hydrogen-bond donors (Lipinski definition) is 2. The quantitative estimate of drug-likeness (QED) is 0.738. The van der Waals surface area contributed by atoms with Crippen molar-refractivity contribution in [3.8, 4) is 17.3 Å². The van der Waals surface area contributed by atoms with Crippen LogP contribution in [-0.2, 0) is 10.2 Å². The second-order valence-corrected chi connectivity index (χ2v) is 4.97. The number of rotatable bonds is 2. The number of fused-ring (bicyclic) bond motifs is 1. The van der Waals surface area contributed by atoms with Crippen LogP contribution in [0.4, 0.5) is 0 Å². The average molecular weight is 265 g/mol. The lowest BCUT2D eigenvalue weighted by Gasteiger charge is -2.32. The van der Waals surface area contributed by atoms with Crippen LogP contribution >= 0.6 is 0 Å². The van der Waals surface area contributed by atoms with E-state index in [4.69, 9.17) is 4.74 Å². The number of H-pyrrole nitrogens is 2. The molecule has 2 N–H and O–H groups in total. The van der Waals surface area contributed by atoms with Gasteiger partial charge in [0.1, 0.15) is 5.82 Å². The van der Waals surface area contributed by atoms with E-state index in [1.807, 2.05) is 18.2 Å². The first-order valence-electron chi connectivity index (χ1n) is 6.29. The molecule has 0 bridgehead atoms. The molecule has 3 heterocycles. The van der Waals surface area contributed by atoms with Gasteiger partial charge >= 0.3 is 0 Å². The van der Waals surface area contributed by atoms with Gasteiger partial charge in [-0.25, -0.2) is 9.97 Å². The van der Waals surface area contributed by atoms with Gasteiger partial charge in [0, 0.05) is 5.56 Å². The number of nitriles is 1. The maximum atomic E-state index is 9.28. The maximum absolute atomic E-state index is 9.28. The third kappa shape index (κ3) is 1.47. The number of aromatic nitrogens is 4. The SMILES string of the molecule is N#CC1(c2ncc(-c3ccc4nc[nH]c4c3)[nH]2)COC1. The lowest BCUT2D eigenvalue weighted by atomic mass is 9.87. The first-order chi connectivity index (χ1) is 9.81. The Kier molecular flexibility index (Phi) is 2.20. The summed E-state index contributed by atoms with van der Waals surface area (Å²) in [5, 5.41) is 9.28. The molecule has 0 unspecified atom stereocenters. The van der Waals surface area contributed by atoms with Gasteiger partial charge in [-0.1, -0.05) is 6.07 Å². The fraction of sp³-hybridized carbons (Fsp3) is 0.214. The van der Waals surface area contributed by atoms with Crippen LogP contribution in [0, 0.1) is 11.3 Å². The first kappa shape index (κ1) is 11.2. The maximum Gasteiger partial charge on any atom is 0.161 e. The zero-order valence-corrected chi connectivity index (χ0v) is 10.6. The van der Waals surface area contributed by atoms with Crippen LogP contribution in [0.1, 0.15) is 5.82 Å². The van der Waals surface area contributed by atoms with Gasteiger partial charge < -0.3 is 14.7 Å². The van der Waals surface area contributed by atoms with Crippen molar-refractivity contribution in [2.75, 3.05) is 13.2 Å². The number of nitrogens with zero attached hydrogens (tertiary/aromatic N) is 3. The molecule has 0 radical (unpaired) electrons. The lowest BCUT2D eigenvalue weighted by Crippen LogP contribution is -2.46. The van der Waals surface area contributed by atoms with Gasteiger partial charge in [-0.2, -0.15) is 5.26 Å². The molecule has 1 aliphatic rings. The number of imidazole rings is 2. The Labute approximate surface area is 114 Å². The van der Waals surface area contributed by atoms with E-state index in [2.05, 4.69) is 26.0 Å². The summed E-state index contributed by atoms with van der Waals surface area (Å²) in [4.78, 5) is 14.8. The molecule has 0 aliphatic carbocycles. The first-order valence-corrected chi connectivity index (χ1v) is 6.29. The highest BCUT2D eigenvalue weighted by Gasteiger charge is 2.43. The van der Waals surface area contributed by atoms with E-state index in [1.54, 1.807) is 12.5 Å². The second kappa shape index (κ2) is 3.92. The number of benzene rings is 1. The van der Waals surface area contributed by atoms with Crippen molar-refractivity contribution < 1.29 is 4.74 Å². The fourth-order valence-electron chi connectivity index (χ4n) is 2.37. The molecule has 20 heavy (non-hydrogen) atoms. The molecule has 2 aromatic heterocycles. The summed E-state index contributed by atoms with van der Waals surface area (Å²) in [5.74, 6) is 0.672. The topological polar surface area (TPSA) is 90.4 Å². The van der Waals surface area contributed by atoms with Crippen LogP contribution in [-0.4, -0.2) is 33.1 Å². The monoisotopic (exact) mass is 265 g/mol. The van der Waals surface area contributed by atoms with E-state index in [-0.39, 0.29) is 0 Å². The van der Waals surface area contributed by atoms with Crippen LogP contribution in [0.2, 0.25) is 0 Å². The Hall–Kier alpha value is -2.65. The minimum absolute atomic E-state index is 0.399. The zero-order valence-electron chi connectivity index (χ0n) is 10.6. The number of ether oxygens (including phenoxy) is 1. The number of hydrogen-bond acceptors (Lipinski definition) is 4. The van der Waals surface area contributed by atoms with Gasteiger partial charge in [-0.15, -0.1) is 0 Å². The minimum atomic E-state index is -0.615. The third-order valence-electron chi connectivity index (χ3n) is 3.67. The van der Waals surface area contributed by atoms with Crippen molar-refractivity contribution in [1.82, 2.24) is 19.9 Å². The van der Waals surface area contributed by atoms with Gasteiger partial charge in [-0.3, -0.25) is 0 Å². The fourth-order valence-corrected chi connectivity index (χ4v) is 2.37. The van der Waals surface area contributed by atoms with Gasteiger partial charge in [-0.05, 0) is 12.1 Å². The summed E-state index contributed by atoms with van der Waals surface area (Å²) in [5.41, 5.74) is 3.18. The molecule has 4 rings (SSSR count). The number of nitrogens with one attached hydrogen (secondary N) is 2. The van der Waals surface area contributed by atoms with E-state index in [0.29, 0.717) is 19.0 Å². The van der Waals surface area contributed by atoms with Gasteiger partial charge in [0.05, 0.1) is 48.5 Å². The van der Waals surface area contributed by atoms with E-state index in [0.717, 1.165) is 22.3 Å². The van der Waals surface area contributed by atoms with Crippen molar-refractivity contribution >= 4 is 11.0 Å². The van der Waals surface area contributed by atoms with E-state index < -0.39 is 5.41 Å². The molecule has 3 aromatic rings. The summed E-state index contributed by atoms with van der Waals surface area (Å²) in [6.07, 6.45) is 3.42. The summed E-state index contributed by atoms with van der Waals surface area (Å²) in [7, 11) is 0. The summed E-state index contributed by atoms with van der Waals surface area (Å²) < 4.78 is 5.15. The molecule has 6 heteroatoms. The van der Waals surface area contributed by atoms with Gasteiger partial charge in [0.15, 0.2) is 5.41 Å². The van der Waals surface area contributed by atoms with Crippen molar-refractivity contribution in [1.29, 1.82) is 5.26 Å². The van der Waals surface area contributed by atoms with Crippen LogP contribution in [0.5, 0.6) is 0 Å². The highest BCUT2D eigenvalue weighted by Crippen LogP contribution is 2.31. The molecular formula is C14H11N5O. The van der Waals surface area contributed by atoms with Crippen LogP contribution in [0.15, 0.2) is 30.7 Å². The van der Waals surface area contributed by atoms with Gasteiger partial charge in [0.2, 0.25) is 0 Å².